The number of nitrogens with zero attached hydrogens (tertiary/aromatic N) is 1. The minimum Gasteiger partial charge on any atom is -0.469 e. The molecule has 33 heavy (non-hydrogen) atoms. The molecule has 9 nitrogen and oxygen atoms in total. The van der Waals surface area contributed by atoms with Crippen LogP contribution in [0.15, 0.2) is 30.3 Å². The van der Waals surface area contributed by atoms with Gasteiger partial charge in [0.25, 0.3) is 0 Å². The summed E-state index contributed by atoms with van der Waals surface area (Å²) in [6, 6.07) is 9.00. The summed E-state index contributed by atoms with van der Waals surface area (Å²) in [7, 11) is -0.554. The van der Waals surface area contributed by atoms with Crippen LogP contribution in [0.5, 0.6) is 0 Å². The van der Waals surface area contributed by atoms with Crippen LogP contribution in [-0.4, -0.2) is 69.3 Å². The summed E-state index contributed by atoms with van der Waals surface area (Å²) in [5, 5.41) is 4.25. The number of hydrogen-bond donors (Lipinski definition) is 2. The number of carbonyl (C=O) groups excluding carboxylic acids is 3. The first-order valence-corrected chi connectivity index (χ1v) is 15.0. The first kappa shape index (κ1) is 26.8. The second-order valence-corrected chi connectivity index (χ2v) is 14.3. The molecule has 0 aromatic heterocycles. The second kappa shape index (κ2) is 12.7. The van der Waals surface area contributed by atoms with Crippen molar-refractivity contribution < 1.29 is 28.6 Å². The third kappa shape index (κ3) is 8.79. The van der Waals surface area contributed by atoms with E-state index < -0.39 is 26.1 Å². The van der Waals surface area contributed by atoms with Crippen molar-refractivity contribution in [2.45, 2.75) is 70.3 Å². The lowest BCUT2D eigenvalue weighted by molar-refractivity contribution is -0.149. The first-order chi connectivity index (χ1) is 15.6. The lowest BCUT2D eigenvalue weighted by Gasteiger charge is -2.35. The molecule has 1 unspecified atom stereocenters. The Hall–Kier alpha value is -2.43. The molecule has 10 heteroatoms. The van der Waals surface area contributed by atoms with Crippen molar-refractivity contribution >= 4 is 26.0 Å². The standard InChI is InChI=1S/C23H37N3O6Si/c1-6-31-23(33(3,4)5)32-19-16-26(20(27)13-10-14-21(28)30-2)25-22(29)24-18(19)15-17-11-8-7-9-12-17/h7-9,11-12,18-19,23H,6,10,13-16H2,1-5H3,(H2,24,25,29)/t18-,19-,23?/m1/s1. The Bertz CT molecular complexity index is 786. The maximum Gasteiger partial charge on any atom is 0.333 e. The molecule has 0 saturated carbocycles. The number of ether oxygens (including phenoxy) is 3. The van der Waals surface area contributed by atoms with Gasteiger partial charge in [0.1, 0.15) is 20.1 Å². The Labute approximate surface area is 197 Å². The smallest absolute Gasteiger partial charge is 0.333 e. The molecule has 2 N–H and O–H groups in total. The molecule has 1 aliphatic heterocycles. The highest BCUT2D eigenvalue weighted by Crippen LogP contribution is 2.20. The highest BCUT2D eigenvalue weighted by molar-refractivity contribution is 6.77. The number of carbonyl (C=O) groups is 3. The van der Waals surface area contributed by atoms with Gasteiger partial charge in [0, 0.05) is 19.4 Å². The van der Waals surface area contributed by atoms with E-state index in [0.29, 0.717) is 19.4 Å². The SMILES string of the molecule is CCOC(O[C@@H]1CN(C(=O)CCCC(=O)OC)NC(=O)N[C@@H]1Cc1ccccc1)[Si](C)(C)C. The third-order valence-corrected chi connectivity index (χ3v) is 7.00. The zero-order valence-corrected chi connectivity index (χ0v) is 21.3. The van der Waals surface area contributed by atoms with E-state index in [2.05, 4.69) is 35.1 Å². The average Bonchev–Trinajstić information content (AvgIpc) is 2.91. The van der Waals surface area contributed by atoms with Crippen LogP contribution in [0, 0.1) is 0 Å². The Morgan fingerprint density at radius 3 is 2.48 bits per heavy atom. The number of benzene rings is 1. The molecular formula is C23H37N3O6Si. The van der Waals surface area contributed by atoms with E-state index in [9.17, 15) is 14.4 Å². The van der Waals surface area contributed by atoms with Crippen LogP contribution in [0.3, 0.4) is 0 Å². The Morgan fingerprint density at radius 1 is 1.18 bits per heavy atom. The highest BCUT2D eigenvalue weighted by Gasteiger charge is 2.38. The number of hydrazine groups is 1. The van der Waals surface area contributed by atoms with Crippen LogP contribution in [0.4, 0.5) is 4.79 Å². The number of urea groups is 1. The molecular weight excluding hydrogens is 442 g/mol. The van der Waals surface area contributed by atoms with E-state index in [4.69, 9.17) is 9.47 Å². The number of nitrogens with one attached hydrogen (secondary N) is 2. The average molecular weight is 480 g/mol. The Morgan fingerprint density at radius 2 is 1.88 bits per heavy atom. The van der Waals surface area contributed by atoms with Gasteiger partial charge in [-0.15, -0.1) is 0 Å². The third-order valence-electron chi connectivity index (χ3n) is 5.29. The van der Waals surface area contributed by atoms with Crippen LogP contribution >= 0.6 is 0 Å². The van der Waals surface area contributed by atoms with Crippen LogP contribution in [0.1, 0.15) is 31.7 Å². The Kier molecular flexibility index (Phi) is 10.3. The van der Waals surface area contributed by atoms with Crippen LogP contribution in [0.2, 0.25) is 19.6 Å². The maximum atomic E-state index is 12.8. The summed E-state index contributed by atoms with van der Waals surface area (Å²) in [5.41, 5.74) is 3.68. The summed E-state index contributed by atoms with van der Waals surface area (Å²) in [5.74, 6) is -1.05. The maximum absolute atomic E-state index is 12.8. The lowest BCUT2D eigenvalue weighted by atomic mass is 10.0. The van der Waals surface area contributed by atoms with Gasteiger partial charge < -0.3 is 19.5 Å². The van der Waals surface area contributed by atoms with Gasteiger partial charge in [-0.05, 0) is 25.3 Å². The van der Waals surface area contributed by atoms with E-state index in [1.165, 1.54) is 12.1 Å². The van der Waals surface area contributed by atoms with Gasteiger partial charge in [-0.1, -0.05) is 50.0 Å². The fraction of sp³-hybridized carbons (Fsp3) is 0.609. The van der Waals surface area contributed by atoms with Crippen molar-refractivity contribution in [3.63, 3.8) is 0 Å². The number of methoxy groups -OCH3 is 1. The van der Waals surface area contributed by atoms with Crippen molar-refractivity contribution in [1.29, 1.82) is 0 Å². The summed E-state index contributed by atoms with van der Waals surface area (Å²) >= 11 is 0. The van der Waals surface area contributed by atoms with Gasteiger partial charge in [-0.25, -0.2) is 15.2 Å². The quantitative estimate of drug-likeness (QED) is 0.287. The molecule has 0 bridgehead atoms. The zero-order chi connectivity index (χ0) is 24.4. The monoisotopic (exact) mass is 479 g/mol. The predicted octanol–water partition coefficient (Wildman–Crippen LogP) is 2.62. The molecule has 3 atom stereocenters. The van der Waals surface area contributed by atoms with Crippen LogP contribution in [0.25, 0.3) is 0 Å². The molecule has 1 aromatic carbocycles. The number of rotatable bonds is 11. The molecule has 0 aliphatic carbocycles. The van der Waals surface area contributed by atoms with Gasteiger partial charge in [0.05, 0.1) is 19.7 Å². The van der Waals surface area contributed by atoms with Gasteiger partial charge in [0.15, 0.2) is 0 Å². The van der Waals surface area contributed by atoms with Gasteiger partial charge in [0.2, 0.25) is 5.91 Å². The molecule has 184 valence electrons. The normalized spacial score (nSPS) is 19.8. The van der Waals surface area contributed by atoms with E-state index in [1.807, 2.05) is 37.3 Å². The molecule has 3 amide bonds. The zero-order valence-electron chi connectivity index (χ0n) is 20.3. The van der Waals surface area contributed by atoms with E-state index >= 15 is 0 Å². The minimum atomic E-state index is -1.87. The van der Waals surface area contributed by atoms with Crippen molar-refractivity contribution in [3.8, 4) is 0 Å². The molecule has 0 radical (unpaired) electrons. The van der Waals surface area contributed by atoms with E-state index in [1.54, 1.807) is 0 Å². The topological polar surface area (TPSA) is 106 Å². The Balaban J connectivity index is 2.22. The van der Waals surface area contributed by atoms with Gasteiger partial charge >= 0.3 is 12.0 Å². The molecule has 0 spiro atoms. The number of hydrogen-bond acceptors (Lipinski definition) is 6. The molecule has 1 aliphatic rings. The lowest BCUT2D eigenvalue weighted by Crippen LogP contribution is -2.52. The fourth-order valence-electron chi connectivity index (χ4n) is 3.55. The largest absolute Gasteiger partial charge is 0.469 e. The van der Waals surface area contributed by atoms with Crippen molar-refractivity contribution in [1.82, 2.24) is 15.8 Å². The van der Waals surface area contributed by atoms with E-state index in [-0.39, 0.29) is 37.3 Å². The second-order valence-electron chi connectivity index (χ2n) is 9.14. The molecule has 2 rings (SSSR count). The molecule has 1 heterocycles. The van der Waals surface area contributed by atoms with Crippen LogP contribution in [-0.2, 0) is 30.2 Å². The fourth-order valence-corrected chi connectivity index (χ4v) is 4.80. The first-order valence-electron chi connectivity index (χ1n) is 11.4. The molecule has 1 aromatic rings. The molecule has 1 saturated heterocycles. The summed E-state index contributed by atoms with van der Waals surface area (Å²) in [6.07, 6.45) is 0.640. The van der Waals surface area contributed by atoms with Crippen LogP contribution < -0.4 is 10.7 Å². The van der Waals surface area contributed by atoms with Gasteiger partial charge in [-0.2, -0.15) is 0 Å². The highest BCUT2D eigenvalue weighted by atomic mass is 28.3. The predicted molar refractivity (Wildman–Crippen MR) is 127 cm³/mol. The van der Waals surface area contributed by atoms with Crippen molar-refractivity contribution in [2.24, 2.45) is 0 Å². The van der Waals surface area contributed by atoms with Crippen molar-refractivity contribution in [3.05, 3.63) is 35.9 Å². The number of amides is 3. The number of esters is 1. The summed E-state index contributed by atoms with van der Waals surface area (Å²) in [6.45, 7) is 9.06. The van der Waals surface area contributed by atoms with E-state index in [0.717, 1.165) is 5.56 Å². The minimum absolute atomic E-state index is 0.106. The summed E-state index contributed by atoms with van der Waals surface area (Å²) in [4.78, 5) is 36.8. The molecule has 1 fully saturated rings. The van der Waals surface area contributed by atoms with Crippen molar-refractivity contribution in [2.75, 3.05) is 20.3 Å². The van der Waals surface area contributed by atoms with Gasteiger partial charge in [-0.3, -0.25) is 9.59 Å². The summed E-state index contributed by atoms with van der Waals surface area (Å²) < 4.78 is 17.0.